The lowest BCUT2D eigenvalue weighted by atomic mass is 10.1. The van der Waals surface area contributed by atoms with Crippen molar-refractivity contribution in [1.29, 1.82) is 0 Å². The zero-order chi connectivity index (χ0) is 18.6. The molecule has 7 heteroatoms. The van der Waals surface area contributed by atoms with Crippen LogP contribution < -0.4 is 9.64 Å². The Balaban J connectivity index is 1.50. The van der Waals surface area contributed by atoms with Crippen LogP contribution in [0.3, 0.4) is 0 Å². The molecule has 0 bridgehead atoms. The molecule has 0 N–H and O–H groups in total. The first kappa shape index (κ1) is 18.1. The average molecular weight is 364 g/mol. The van der Waals surface area contributed by atoms with Gasteiger partial charge in [-0.25, -0.2) is 0 Å². The Morgan fingerprint density at radius 2 is 1.54 bits per heavy atom. The minimum atomic E-state index is -4.33. The van der Waals surface area contributed by atoms with Gasteiger partial charge in [0, 0.05) is 31.9 Å². The van der Waals surface area contributed by atoms with Crippen molar-refractivity contribution >= 4 is 11.6 Å². The molecule has 2 aromatic carbocycles. The Labute approximate surface area is 149 Å². The van der Waals surface area contributed by atoms with E-state index >= 15 is 0 Å². The average Bonchev–Trinajstić information content (AvgIpc) is 2.66. The number of benzene rings is 2. The van der Waals surface area contributed by atoms with E-state index in [2.05, 4.69) is 0 Å². The molecule has 0 aliphatic carbocycles. The lowest BCUT2D eigenvalue weighted by molar-refractivity contribution is -0.137. The minimum Gasteiger partial charge on any atom is -0.484 e. The largest absolute Gasteiger partial charge is 0.484 e. The van der Waals surface area contributed by atoms with Crippen molar-refractivity contribution in [2.75, 3.05) is 37.7 Å². The smallest absolute Gasteiger partial charge is 0.416 e. The standard InChI is InChI=1S/C19H19F3N2O2/c20-19(21,22)15-6-8-16(9-7-15)23-10-12-24(13-11-23)18(25)14-26-17-4-2-1-3-5-17/h1-9H,10-14H2. The van der Waals surface area contributed by atoms with E-state index in [1.54, 1.807) is 17.0 Å². The van der Waals surface area contributed by atoms with E-state index in [1.807, 2.05) is 23.1 Å². The van der Waals surface area contributed by atoms with Gasteiger partial charge in [-0.05, 0) is 36.4 Å². The van der Waals surface area contributed by atoms with Crippen molar-refractivity contribution in [3.05, 3.63) is 60.2 Å². The molecule has 1 aliphatic rings. The normalized spacial score (nSPS) is 15.0. The first-order valence-corrected chi connectivity index (χ1v) is 8.31. The number of nitrogens with zero attached hydrogens (tertiary/aromatic N) is 2. The van der Waals surface area contributed by atoms with E-state index in [-0.39, 0.29) is 12.5 Å². The fraction of sp³-hybridized carbons (Fsp3) is 0.316. The molecule has 26 heavy (non-hydrogen) atoms. The summed E-state index contributed by atoms with van der Waals surface area (Å²) in [6.45, 7) is 2.14. The number of anilines is 1. The summed E-state index contributed by atoms with van der Waals surface area (Å²) in [6, 6.07) is 14.2. The van der Waals surface area contributed by atoms with Gasteiger partial charge in [-0.1, -0.05) is 18.2 Å². The second kappa shape index (κ2) is 7.68. The summed E-state index contributed by atoms with van der Waals surface area (Å²) in [6.07, 6.45) is -4.33. The highest BCUT2D eigenvalue weighted by molar-refractivity contribution is 5.78. The van der Waals surface area contributed by atoms with E-state index in [1.165, 1.54) is 12.1 Å². The van der Waals surface area contributed by atoms with Gasteiger partial charge in [-0.3, -0.25) is 4.79 Å². The Bertz CT molecular complexity index is 725. The predicted octanol–water partition coefficient (Wildman–Crippen LogP) is 3.43. The van der Waals surface area contributed by atoms with Gasteiger partial charge in [0.25, 0.3) is 5.91 Å². The number of rotatable bonds is 4. The lowest BCUT2D eigenvalue weighted by Crippen LogP contribution is -2.50. The van der Waals surface area contributed by atoms with Gasteiger partial charge in [0.1, 0.15) is 5.75 Å². The van der Waals surface area contributed by atoms with Crippen molar-refractivity contribution < 1.29 is 22.7 Å². The third-order valence-electron chi connectivity index (χ3n) is 4.30. The number of ether oxygens (including phenoxy) is 1. The third kappa shape index (κ3) is 4.47. The maximum absolute atomic E-state index is 12.6. The Kier molecular flexibility index (Phi) is 5.35. The molecule has 0 radical (unpaired) electrons. The van der Waals surface area contributed by atoms with Crippen molar-refractivity contribution in [3.63, 3.8) is 0 Å². The van der Waals surface area contributed by atoms with Crippen LogP contribution in [0, 0.1) is 0 Å². The predicted molar refractivity (Wildman–Crippen MR) is 92.2 cm³/mol. The topological polar surface area (TPSA) is 32.8 Å². The number of halogens is 3. The van der Waals surface area contributed by atoms with Crippen molar-refractivity contribution in [1.82, 2.24) is 4.90 Å². The summed E-state index contributed by atoms with van der Waals surface area (Å²) in [5, 5.41) is 0. The second-order valence-corrected chi connectivity index (χ2v) is 6.01. The van der Waals surface area contributed by atoms with Gasteiger partial charge in [0.2, 0.25) is 0 Å². The Hall–Kier alpha value is -2.70. The van der Waals surface area contributed by atoms with Crippen LogP contribution in [0.1, 0.15) is 5.56 Å². The molecule has 0 unspecified atom stereocenters. The molecular weight excluding hydrogens is 345 g/mol. The van der Waals surface area contributed by atoms with Crippen molar-refractivity contribution in [2.24, 2.45) is 0 Å². The van der Waals surface area contributed by atoms with Crippen molar-refractivity contribution in [3.8, 4) is 5.75 Å². The molecule has 1 aliphatic heterocycles. The van der Waals surface area contributed by atoms with Crippen LogP contribution in [-0.4, -0.2) is 43.6 Å². The molecule has 1 heterocycles. The SMILES string of the molecule is O=C(COc1ccccc1)N1CCN(c2ccc(C(F)(F)F)cc2)CC1. The molecule has 0 saturated carbocycles. The third-order valence-corrected chi connectivity index (χ3v) is 4.30. The molecule has 1 saturated heterocycles. The fourth-order valence-electron chi connectivity index (χ4n) is 2.83. The summed E-state index contributed by atoms with van der Waals surface area (Å²) < 4.78 is 43.3. The zero-order valence-corrected chi connectivity index (χ0v) is 14.1. The molecule has 0 aromatic heterocycles. The number of piperazine rings is 1. The van der Waals surface area contributed by atoms with Crippen molar-refractivity contribution in [2.45, 2.75) is 6.18 Å². The van der Waals surface area contributed by atoms with Crippen LogP contribution in [0.2, 0.25) is 0 Å². The number of alkyl halides is 3. The summed E-state index contributed by atoms with van der Waals surface area (Å²) in [5.74, 6) is 0.546. The highest BCUT2D eigenvalue weighted by Crippen LogP contribution is 2.30. The number of carbonyl (C=O) groups excluding carboxylic acids is 1. The van der Waals surface area contributed by atoms with Gasteiger partial charge in [-0.2, -0.15) is 13.2 Å². The summed E-state index contributed by atoms with van der Waals surface area (Å²) in [5.41, 5.74) is 0.0683. The zero-order valence-electron chi connectivity index (χ0n) is 14.1. The van der Waals surface area contributed by atoms with Gasteiger partial charge in [-0.15, -0.1) is 0 Å². The number of amides is 1. The lowest BCUT2D eigenvalue weighted by Gasteiger charge is -2.36. The molecule has 1 amide bonds. The molecular formula is C19H19F3N2O2. The maximum Gasteiger partial charge on any atom is 0.416 e. The van der Waals surface area contributed by atoms with E-state index in [4.69, 9.17) is 4.74 Å². The number of hydrogen-bond donors (Lipinski definition) is 0. The van der Waals surface area contributed by atoms with E-state index in [9.17, 15) is 18.0 Å². The summed E-state index contributed by atoms with van der Waals surface area (Å²) in [7, 11) is 0. The molecule has 138 valence electrons. The molecule has 1 fully saturated rings. The molecule has 4 nitrogen and oxygen atoms in total. The minimum absolute atomic E-state index is 0.0235. The van der Waals surface area contributed by atoms with E-state index in [0.717, 1.165) is 17.8 Å². The highest BCUT2D eigenvalue weighted by atomic mass is 19.4. The number of para-hydroxylation sites is 1. The van der Waals surface area contributed by atoms with Crippen LogP contribution in [0.25, 0.3) is 0 Å². The quantitative estimate of drug-likeness (QED) is 0.833. The van der Waals surface area contributed by atoms with Crippen LogP contribution in [-0.2, 0) is 11.0 Å². The second-order valence-electron chi connectivity index (χ2n) is 6.01. The fourth-order valence-corrected chi connectivity index (χ4v) is 2.83. The molecule has 3 rings (SSSR count). The van der Waals surface area contributed by atoms with Gasteiger partial charge in [0.15, 0.2) is 6.61 Å². The highest BCUT2D eigenvalue weighted by Gasteiger charge is 2.30. The van der Waals surface area contributed by atoms with E-state index in [0.29, 0.717) is 31.9 Å². The summed E-state index contributed by atoms with van der Waals surface area (Å²) in [4.78, 5) is 15.9. The number of carbonyl (C=O) groups is 1. The van der Waals surface area contributed by atoms with E-state index < -0.39 is 11.7 Å². The first-order valence-electron chi connectivity index (χ1n) is 8.31. The number of hydrogen-bond acceptors (Lipinski definition) is 3. The van der Waals surface area contributed by atoms with Crippen LogP contribution >= 0.6 is 0 Å². The van der Waals surface area contributed by atoms with Crippen LogP contribution in [0.15, 0.2) is 54.6 Å². The molecule has 0 atom stereocenters. The van der Waals surface area contributed by atoms with Gasteiger partial charge >= 0.3 is 6.18 Å². The van der Waals surface area contributed by atoms with Crippen LogP contribution in [0.4, 0.5) is 18.9 Å². The summed E-state index contributed by atoms with van der Waals surface area (Å²) >= 11 is 0. The molecule has 2 aromatic rings. The van der Waals surface area contributed by atoms with Crippen LogP contribution in [0.5, 0.6) is 5.75 Å². The van der Waals surface area contributed by atoms with Gasteiger partial charge in [0.05, 0.1) is 5.56 Å². The first-order chi connectivity index (χ1) is 12.4. The maximum atomic E-state index is 12.6. The monoisotopic (exact) mass is 364 g/mol. The molecule has 0 spiro atoms. The van der Waals surface area contributed by atoms with Gasteiger partial charge < -0.3 is 14.5 Å². The Morgan fingerprint density at radius 1 is 0.923 bits per heavy atom. The Morgan fingerprint density at radius 3 is 2.12 bits per heavy atom.